The first-order valence-electron chi connectivity index (χ1n) is 7.19. The van der Waals surface area contributed by atoms with Gasteiger partial charge in [-0.2, -0.15) is 0 Å². The Kier molecular flexibility index (Phi) is 9.02. The summed E-state index contributed by atoms with van der Waals surface area (Å²) in [4.78, 5) is 15.6. The van der Waals surface area contributed by atoms with E-state index in [0.29, 0.717) is 0 Å². The number of nitrogens with two attached hydrogens (primary N) is 1. The number of benzene rings is 1. The summed E-state index contributed by atoms with van der Waals surface area (Å²) in [6.07, 6.45) is -4.80. The van der Waals surface area contributed by atoms with Crippen LogP contribution >= 0.6 is 24.0 Å². The van der Waals surface area contributed by atoms with Gasteiger partial charge in [0, 0.05) is 12.0 Å². The minimum Gasteiger partial charge on any atom is -0.404 e. The van der Waals surface area contributed by atoms with Gasteiger partial charge in [-0.3, -0.25) is 9.79 Å². The molecule has 0 aliphatic rings. The average Bonchev–Trinajstić information content (AvgIpc) is 2.43. The van der Waals surface area contributed by atoms with E-state index in [1.165, 1.54) is 18.2 Å². The molecule has 1 aromatic carbocycles. The van der Waals surface area contributed by atoms with E-state index in [1.807, 2.05) is 0 Å². The van der Waals surface area contributed by atoms with Gasteiger partial charge >= 0.3 is 6.36 Å². The minimum atomic E-state index is -4.80. The minimum absolute atomic E-state index is 0. The molecule has 25 heavy (non-hydrogen) atoms. The van der Waals surface area contributed by atoms with Crippen molar-refractivity contribution in [1.82, 2.24) is 5.32 Å². The van der Waals surface area contributed by atoms with Crippen molar-refractivity contribution in [3.8, 4) is 5.75 Å². The van der Waals surface area contributed by atoms with Gasteiger partial charge in [-0.05, 0) is 12.1 Å². The molecule has 1 aromatic rings. The van der Waals surface area contributed by atoms with Crippen molar-refractivity contribution in [2.45, 2.75) is 27.1 Å². The molecule has 0 saturated heterocycles. The molecule has 4 N–H and O–H groups in total. The molecule has 142 valence electrons. The molecule has 0 aromatic heterocycles. The zero-order valence-electron chi connectivity index (χ0n) is 14.1. The number of para-hydroxylation sites is 2. The number of halogens is 4. The number of amides is 1. The molecular weight excluding hydrogens is 452 g/mol. The first-order valence-corrected chi connectivity index (χ1v) is 7.19. The van der Waals surface area contributed by atoms with Gasteiger partial charge in [-0.15, -0.1) is 37.1 Å². The van der Waals surface area contributed by atoms with Crippen LogP contribution in [0.25, 0.3) is 0 Å². The molecule has 0 saturated carbocycles. The van der Waals surface area contributed by atoms with Crippen LogP contribution in [0.4, 0.5) is 18.9 Å². The Hall–Kier alpha value is -1.72. The van der Waals surface area contributed by atoms with E-state index in [2.05, 4.69) is 20.4 Å². The van der Waals surface area contributed by atoms with Gasteiger partial charge in [0.2, 0.25) is 5.91 Å². The van der Waals surface area contributed by atoms with Gasteiger partial charge in [0.1, 0.15) is 0 Å². The van der Waals surface area contributed by atoms with Crippen LogP contribution in [0.5, 0.6) is 5.75 Å². The molecular formula is C15H22F3IN4O2. The lowest BCUT2D eigenvalue weighted by Crippen LogP contribution is -2.36. The molecule has 0 aliphatic heterocycles. The number of alkyl halides is 3. The molecule has 0 bridgehead atoms. The van der Waals surface area contributed by atoms with E-state index in [1.54, 1.807) is 20.8 Å². The monoisotopic (exact) mass is 474 g/mol. The molecule has 0 aliphatic carbocycles. The number of carbonyl (C=O) groups excluding carboxylic acids is 1. The van der Waals surface area contributed by atoms with Crippen LogP contribution in [0.1, 0.15) is 20.8 Å². The van der Waals surface area contributed by atoms with Gasteiger partial charge in [0.15, 0.2) is 11.7 Å². The normalized spacial score (nSPS) is 12.2. The predicted octanol–water partition coefficient (Wildman–Crippen LogP) is 3.09. The molecule has 0 unspecified atom stereocenters. The number of aliphatic imine (C=N–C) groups is 1. The van der Waals surface area contributed by atoms with Crippen molar-refractivity contribution >= 4 is 41.5 Å². The van der Waals surface area contributed by atoms with Crippen molar-refractivity contribution in [3.05, 3.63) is 24.3 Å². The summed E-state index contributed by atoms with van der Waals surface area (Å²) in [6, 6.07) is 5.47. The van der Waals surface area contributed by atoms with Gasteiger partial charge < -0.3 is 21.1 Å². The Morgan fingerprint density at radius 1 is 1.24 bits per heavy atom. The van der Waals surface area contributed by atoms with Crippen LogP contribution in [0.2, 0.25) is 0 Å². The quantitative estimate of drug-likeness (QED) is 0.265. The Labute approximate surface area is 161 Å². The second kappa shape index (κ2) is 9.68. The highest BCUT2D eigenvalue weighted by Gasteiger charge is 2.32. The fourth-order valence-electron chi connectivity index (χ4n) is 1.57. The summed E-state index contributed by atoms with van der Waals surface area (Å²) in [5, 5.41) is 5.22. The highest BCUT2D eigenvalue weighted by Crippen LogP contribution is 2.29. The highest BCUT2D eigenvalue weighted by atomic mass is 127. The van der Waals surface area contributed by atoms with Crippen LogP contribution in [-0.4, -0.2) is 31.3 Å². The standard InChI is InChI=1S/C15H21F3N4O2.HI/c1-14(2,3)12(23)20-8-9-21-13(19)22-10-6-4-5-7-11(10)24-15(16,17)18;/h4-7H,8-9H2,1-3H3,(H,20,23)(H3,19,21,22);1H. The summed E-state index contributed by atoms with van der Waals surface area (Å²) in [7, 11) is 0. The molecule has 0 spiro atoms. The highest BCUT2D eigenvalue weighted by molar-refractivity contribution is 14.0. The zero-order chi connectivity index (χ0) is 18.4. The number of nitrogens with one attached hydrogen (secondary N) is 2. The zero-order valence-corrected chi connectivity index (χ0v) is 16.4. The summed E-state index contributed by atoms with van der Waals surface area (Å²) >= 11 is 0. The topological polar surface area (TPSA) is 88.7 Å². The molecule has 0 heterocycles. The first-order chi connectivity index (χ1) is 11.0. The summed E-state index contributed by atoms with van der Waals surface area (Å²) in [6.45, 7) is 5.78. The molecule has 1 rings (SSSR count). The molecule has 6 nitrogen and oxygen atoms in total. The summed E-state index contributed by atoms with van der Waals surface area (Å²) in [5.41, 5.74) is 5.15. The van der Waals surface area contributed by atoms with Crippen molar-refractivity contribution < 1.29 is 22.7 Å². The van der Waals surface area contributed by atoms with Gasteiger partial charge in [0.05, 0.1) is 12.2 Å². The third kappa shape index (κ3) is 9.37. The van der Waals surface area contributed by atoms with E-state index in [9.17, 15) is 18.0 Å². The van der Waals surface area contributed by atoms with Crippen molar-refractivity contribution in [3.63, 3.8) is 0 Å². The molecule has 1 amide bonds. The Morgan fingerprint density at radius 3 is 2.40 bits per heavy atom. The van der Waals surface area contributed by atoms with Gasteiger partial charge in [-0.1, -0.05) is 32.9 Å². The van der Waals surface area contributed by atoms with E-state index in [4.69, 9.17) is 5.73 Å². The Morgan fingerprint density at radius 2 is 1.84 bits per heavy atom. The number of anilines is 1. The van der Waals surface area contributed by atoms with Crippen LogP contribution < -0.4 is 21.1 Å². The van der Waals surface area contributed by atoms with E-state index in [0.717, 1.165) is 6.07 Å². The van der Waals surface area contributed by atoms with Crippen LogP contribution in [0.15, 0.2) is 29.3 Å². The van der Waals surface area contributed by atoms with Gasteiger partial charge in [-0.25, -0.2) is 0 Å². The number of hydrogen-bond acceptors (Lipinski definition) is 3. The van der Waals surface area contributed by atoms with E-state index < -0.39 is 17.5 Å². The summed E-state index contributed by atoms with van der Waals surface area (Å²) in [5.74, 6) is -0.629. The second-order valence-electron chi connectivity index (χ2n) is 5.94. The predicted molar refractivity (Wildman–Crippen MR) is 101 cm³/mol. The number of nitrogens with zero attached hydrogens (tertiary/aromatic N) is 1. The van der Waals surface area contributed by atoms with Crippen molar-refractivity contribution in [1.29, 1.82) is 0 Å². The largest absolute Gasteiger partial charge is 0.573 e. The van der Waals surface area contributed by atoms with Crippen molar-refractivity contribution in [2.24, 2.45) is 16.1 Å². The van der Waals surface area contributed by atoms with Gasteiger partial charge in [0.25, 0.3) is 0 Å². The van der Waals surface area contributed by atoms with Crippen LogP contribution in [-0.2, 0) is 4.79 Å². The molecule has 0 atom stereocenters. The average molecular weight is 474 g/mol. The molecule has 0 radical (unpaired) electrons. The smallest absolute Gasteiger partial charge is 0.404 e. The number of rotatable bonds is 5. The third-order valence-electron chi connectivity index (χ3n) is 2.74. The number of hydrogen-bond donors (Lipinski definition) is 3. The maximum atomic E-state index is 12.3. The van der Waals surface area contributed by atoms with E-state index in [-0.39, 0.29) is 54.6 Å². The number of guanidine groups is 1. The van der Waals surface area contributed by atoms with Crippen LogP contribution in [0, 0.1) is 5.41 Å². The Balaban J connectivity index is 0.00000576. The second-order valence-corrected chi connectivity index (χ2v) is 5.94. The number of ether oxygens (including phenoxy) is 1. The first kappa shape index (κ1) is 23.3. The molecule has 10 heteroatoms. The Bertz CT molecular complexity index is 601. The third-order valence-corrected chi connectivity index (χ3v) is 2.74. The van der Waals surface area contributed by atoms with Crippen molar-refractivity contribution in [2.75, 3.05) is 18.4 Å². The summed E-state index contributed by atoms with van der Waals surface area (Å²) < 4.78 is 40.9. The maximum Gasteiger partial charge on any atom is 0.573 e. The number of carbonyl (C=O) groups is 1. The SMILES string of the molecule is CC(C)(C)C(=O)NCCN=C(N)Nc1ccccc1OC(F)(F)F.I. The maximum absolute atomic E-state index is 12.3. The molecule has 0 fully saturated rings. The van der Waals surface area contributed by atoms with Crippen LogP contribution in [0.3, 0.4) is 0 Å². The lowest BCUT2D eigenvalue weighted by atomic mass is 9.96. The van der Waals surface area contributed by atoms with E-state index >= 15 is 0 Å². The lowest BCUT2D eigenvalue weighted by Gasteiger charge is -2.17. The fraction of sp³-hybridized carbons (Fsp3) is 0.467. The lowest BCUT2D eigenvalue weighted by molar-refractivity contribution is -0.274. The fourth-order valence-corrected chi connectivity index (χ4v) is 1.57.